The second kappa shape index (κ2) is 25.6. The number of aliphatic hydroxyl groups is 1. The van der Waals surface area contributed by atoms with Gasteiger partial charge in [-0.3, -0.25) is 9.59 Å². The SMILES string of the molecule is Cc1oc(-c2ccc(C(F)(F)F)cc2)cc1CO.Cc1oc(-c2ccc(C(F)(F)F)cc2)cc1COc1ccc([C@H](CC(=O)O)c2ccon2)cc1.O=C(C[C@@H](c1ccc(O)cc1)c1ccon1)N1C(=O)OC[C@@H]1Cc1ccccc1. The lowest BCUT2D eigenvalue weighted by Crippen LogP contribution is -2.40. The summed E-state index contributed by atoms with van der Waals surface area (Å²) in [7, 11) is 0. The summed E-state index contributed by atoms with van der Waals surface area (Å²) in [6, 6.07) is 39.1. The first-order valence-electron chi connectivity index (χ1n) is 25.0. The van der Waals surface area contributed by atoms with Crippen molar-refractivity contribution in [1.29, 1.82) is 0 Å². The minimum Gasteiger partial charge on any atom is -0.508 e. The number of aromatic nitrogens is 2. The second-order valence-electron chi connectivity index (χ2n) is 18.6. The predicted molar refractivity (Wildman–Crippen MR) is 278 cm³/mol. The lowest BCUT2D eigenvalue weighted by Gasteiger charge is -2.22. The Balaban J connectivity index is 0.000000167. The minimum absolute atomic E-state index is 0.0255. The molecule has 81 heavy (non-hydrogen) atoms. The molecule has 1 aliphatic rings. The van der Waals surface area contributed by atoms with Crippen LogP contribution in [0.15, 0.2) is 182 Å². The average molecular weight is 1120 g/mol. The van der Waals surface area contributed by atoms with E-state index in [9.17, 15) is 50.9 Å². The molecule has 10 rings (SSSR count). The number of carboxylic acid groups (broad SMARTS) is 1. The molecule has 1 saturated heterocycles. The molecule has 5 heterocycles. The van der Waals surface area contributed by atoms with Crippen LogP contribution in [0.2, 0.25) is 0 Å². The van der Waals surface area contributed by atoms with E-state index >= 15 is 0 Å². The monoisotopic (exact) mass is 1120 g/mol. The van der Waals surface area contributed by atoms with Crippen LogP contribution in [0.4, 0.5) is 31.1 Å². The molecule has 1 aliphatic heterocycles. The van der Waals surface area contributed by atoms with Crippen LogP contribution in [0.25, 0.3) is 22.6 Å². The Morgan fingerprint density at radius 3 is 1.63 bits per heavy atom. The maximum Gasteiger partial charge on any atom is 0.416 e. The van der Waals surface area contributed by atoms with Gasteiger partial charge >= 0.3 is 24.4 Å². The third-order valence-corrected chi connectivity index (χ3v) is 13.1. The number of imide groups is 1. The van der Waals surface area contributed by atoms with Gasteiger partial charge in [-0.25, -0.2) is 9.69 Å². The number of aliphatic hydroxyl groups excluding tert-OH is 1. The van der Waals surface area contributed by atoms with Gasteiger partial charge < -0.3 is 42.7 Å². The maximum absolute atomic E-state index is 13.1. The largest absolute Gasteiger partial charge is 0.508 e. The number of rotatable bonds is 16. The van der Waals surface area contributed by atoms with Gasteiger partial charge in [0.15, 0.2) is 0 Å². The fraction of sp³-hybridized carbons (Fsp3) is 0.217. The molecule has 0 radical (unpaired) electrons. The van der Waals surface area contributed by atoms with Crippen LogP contribution in [-0.2, 0) is 46.3 Å². The number of ether oxygens (including phenoxy) is 2. The highest BCUT2D eigenvalue weighted by Crippen LogP contribution is 2.36. The zero-order valence-electron chi connectivity index (χ0n) is 43.2. The van der Waals surface area contributed by atoms with Crippen LogP contribution in [0.1, 0.15) is 86.5 Å². The van der Waals surface area contributed by atoms with E-state index in [1.165, 1.54) is 41.7 Å². The number of benzene rings is 5. The molecule has 21 heteroatoms. The summed E-state index contributed by atoms with van der Waals surface area (Å²) in [5.74, 6) is 0.600. The first-order valence-corrected chi connectivity index (χ1v) is 25.0. The Hall–Kier alpha value is -9.37. The Bertz CT molecular complexity index is 3470. The van der Waals surface area contributed by atoms with E-state index in [4.69, 9.17) is 32.5 Å². The molecule has 1 fully saturated rings. The van der Waals surface area contributed by atoms with Gasteiger partial charge in [0.25, 0.3) is 0 Å². The quantitative estimate of drug-likeness (QED) is 0.0769. The van der Waals surface area contributed by atoms with Crippen molar-refractivity contribution in [2.24, 2.45) is 0 Å². The van der Waals surface area contributed by atoms with Crippen molar-refractivity contribution in [3.05, 3.63) is 226 Å². The van der Waals surface area contributed by atoms with Crippen molar-refractivity contribution in [3.8, 4) is 34.1 Å². The summed E-state index contributed by atoms with van der Waals surface area (Å²) >= 11 is 0. The number of furan rings is 2. The standard InChI is InChI=1S/C25H20F3NO5.C22H20N2O5.C13H11F3O2/c1-15-18(12-23(34-15)17-2-6-19(7-3-17)25(26,27)28)14-32-20-8-4-16(5-9-20)21(13-24(30)31)22-10-11-33-29-22;25-18-8-6-16(7-9-18)19(20-10-11-29-23-20)13-21(26)24-17(14-28-22(24)27)12-15-4-2-1-3-5-15;1-8-10(7-17)6-12(18-8)9-2-4-11(5-3-9)13(14,15)16/h2-12,21H,13-14H2,1H3,(H,30,31);1-11,17,19,25H,12-14H2;2-6,17H,7H2,1H3/t21-;17-,19-;/m00./s1. The third-order valence-electron chi connectivity index (χ3n) is 13.1. The van der Waals surface area contributed by atoms with Crippen molar-refractivity contribution in [2.75, 3.05) is 6.61 Å². The fourth-order valence-electron chi connectivity index (χ4n) is 8.78. The van der Waals surface area contributed by atoms with E-state index in [0.717, 1.165) is 46.5 Å². The summed E-state index contributed by atoms with van der Waals surface area (Å²) < 4.78 is 107. The minimum atomic E-state index is -4.39. The summed E-state index contributed by atoms with van der Waals surface area (Å²) in [4.78, 5) is 37.9. The summed E-state index contributed by atoms with van der Waals surface area (Å²) in [5.41, 5.74) is 4.73. The Labute approximate surface area is 458 Å². The number of aliphatic carboxylic acids is 1. The molecule has 0 unspecified atom stereocenters. The van der Waals surface area contributed by atoms with Crippen LogP contribution in [0.3, 0.4) is 0 Å². The van der Waals surface area contributed by atoms with E-state index < -0.39 is 47.4 Å². The number of amides is 2. The number of phenols is 1. The number of hydrogen-bond donors (Lipinski definition) is 3. The summed E-state index contributed by atoms with van der Waals surface area (Å²) in [5, 5.41) is 35.6. The molecular formula is C60H51F6N3O12. The molecule has 0 bridgehead atoms. The molecular weight excluding hydrogens is 1070 g/mol. The smallest absolute Gasteiger partial charge is 0.416 e. The molecule has 3 atom stereocenters. The maximum atomic E-state index is 13.1. The fourth-order valence-corrected chi connectivity index (χ4v) is 8.78. The number of nitrogens with zero attached hydrogens (tertiary/aromatic N) is 3. The van der Waals surface area contributed by atoms with Crippen molar-refractivity contribution in [1.82, 2.24) is 15.2 Å². The van der Waals surface area contributed by atoms with Crippen LogP contribution in [0.5, 0.6) is 11.5 Å². The van der Waals surface area contributed by atoms with Crippen molar-refractivity contribution < 1.29 is 83.4 Å². The van der Waals surface area contributed by atoms with Gasteiger partial charge in [-0.15, -0.1) is 0 Å². The van der Waals surface area contributed by atoms with Crippen LogP contribution in [0, 0.1) is 13.8 Å². The molecule has 0 spiro atoms. The lowest BCUT2D eigenvalue weighted by atomic mass is 9.91. The van der Waals surface area contributed by atoms with Gasteiger partial charge in [0.05, 0.1) is 41.6 Å². The summed E-state index contributed by atoms with van der Waals surface area (Å²) in [6.45, 7) is 3.66. The van der Waals surface area contributed by atoms with E-state index in [0.29, 0.717) is 63.3 Å². The van der Waals surface area contributed by atoms with Gasteiger partial charge in [0.1, 0.15) is 60.3 Å². The lowest BCUT2D eigenvalue weighted by molar-refractivity contribution is -0.138. The molecule has 9 aromatic rings. The van der Waals surface area contributed by atoms with Crippen LogP contribution in [-0.4, -0.2) is 61.2 Å². The molecule has 0 aliphatic carbocycles. The predicted octanol–water partition coefficient (Wildman–Crippen LogP) is 13.7. The molecule has 5 aromatic carbocycles. The molecule has 2 amide bonds. The van der Waals surface area contributed by atoms with E-state index in [1.54, 1.807) is 86.6 Å². The summed E-state index contributed by atoms with van der Waals surface area (Å²) in [6.07, 6.45) is -6.09. The number of aryl methyl sites for hydroxylation is 2. The number of alkyl halides is 6. The van der Waals surface area contributed by atoms with Gasteiger partial charge in [0.2, 0.25) is 5.91 Å². The number of carbonyl (C=O) groups is 3. The highest BCUT2D eigenvalue weighted by molar-refractivity contribution is 5.94. The van der Waals surface area contributed by atoms with E-state index in [1.807, 2.05) is 30.3 Å². The highest BCUT2D eigenvalue weighted by Gasteiger charge is 2.39. The Morgan fingerprint density at radius 2 is 1.16 bits per heavy atom. The number of carboxylic acids is 1. The number of halogens is 6. The molecule has 3 N–H and O–H groups in total. The van der Waals surface area contributed by atoms with Crippen molar-refractivity contribution in [3.63, 3.8) is 0 Å². The highest BCUT2D eigenvalue weighted by atomic mass is 19.4. The number of cyclic esters (lactones) is 1. The Kier molecular flexibility index (Phi) is 18.3. The average Bonchev–Trinajstić information content (AvgIpc) is 4.34. The normalized spacial score (nSPS) is 14.0. The molecule has 15 nitrogen and oxygen atoms in total. The topological polar surface area (TPSA) is 212 Å². The molecule has 4 aromatic heterocycles. The van der Waals surface area contributed by atoms with Gasteiger partial charge in [-0.2, -0.15) is 26.3 Å². The Morgan fingerprint density at radius 1 is 0.667 bits per heavy atom. The molecule has 0 saturated carbocycles. The van der Waals surface area contributed by atoms with Crippen molar-refractivity contribution >= 4 is 18.0 Å². The number of phenolic OH excluding ortho intramolecular Hbond substituents is 1. The zero-order chi connectivity index (χ0) is 57.8. The first kappa shape index (κ1) is 57.8. The van der Waals surface area contributed by atoms with E-state index in [-0.39, 0.29) is 50.4 Å². The van der Waals surface area contributed by atoms with Crippen LogP contribution < -0.4 is 4.74 Å². The third kappa shape index (κ3) is 15.1. The van der Waals surface area contributed by atoms with Gasteiger partial charge in [-0.1, -0.05) is 89.2 Å². The number of aromatic hydroxyl groups is 1. The van der Waals surface area contributed by atoms with E-state index in [2.05, 4.69) is 10.3 Å². The van der Waals surface area contributed by atoms with Crippen molar-refractivity contribution in [2.45, 2.75) is 76.6 Å². The van der Waals surface area contributed by atoms with Crippen LogP contribution >= 0.6 is 0 Å². The van der Waals surface area contributed by atoms with Gasteiger partial charge in [0, 0.05) is 52.6 Å². The number of carbonyl (C=O) groups excluding carboxylic acids is 2. The van der Waals surface area contributed by atoms with Gasteiger partial charge in [-0.05, 0) is 97.6 Å². The first-order chi connectivity index (χ1) is 38.7. The number of hydrogen-bond acceptors (Lipinski definition) is 13. The molecule has 420 valence electrons. The zero-order valence-corrected chi connectivity index (χ0v) is 43.2. The second-order valence-corrected chi connectivity index (χ2v) is 18.6.